The lowest BCUT2D eigenvalue weighted by Gasteiger charge is -2.15. The molecule has 1 aromatic heterocycles. The van der Waals surface area contributed by atoms with Gasteiger partial charge in [-0.15, -0.1) is 0 Å². The first-order chi connectivity index (χ1) is 9.83. The van der Waals surface area contributed by atoms with Crippen LogP contribution >= 0.6 is 0 Å². The number of likely N-dealkylation sites (N-methyl/N-ethyl adjacent to an activating group) is 1. The van der Waals surface area contributed by atoms with Crippen molar-refractivity contribution in [2.45, 2.75) is 25.4 Å². The van der Waals surface area contributed by atoms with Gasteiger partial charge in [-0.05, 0) is 25.0 Å². The van der Waals surface area contributed by atoms with Gasteiger partial charge in [0.2, 0.25) is 0 Å². The van der Waals surface area contributed by atoms with Crippen molar-refractivity contribution in [1.29, 1.82) is 0 Å². The third-order valence-corrected chi connectivity index (χ3v) is 4.04. The van der Waals surface area contributed by atoms with Crippen LogP contribution in [0.15, 0.2) is 29.3 Å². The minimum atomic E-state index is 0.641. The van der Waals surface area contributed by atoms with E-state index in [2.05, 4.69) is 51.1 Å². The molecule has 2 aliphatic rings. The first-order valence-corrected chi connectivity index (χ1v) is 7.28. The van der Waals surface area contributed by atoms with E-state index < -0.39 is 0 Å². The van der Waals surface area contributed by atoms with Crippen molar-refractivity contribution in [3.8, 4) is 0 Å². The Hall–Kier alpha value is -2.04. The van der Waals surface area contributed by atoms with Gasteiger partial charge in [0, 0.05) is 19.6 Å². The van der Waals surface area contributed by atoms with Gasteiger partial charge in [0.1, 0.15) is 5.82 Å². The summed E-state index contributed by atoms with van der Waals surface area (Å²) in [4.78, 5) is 11.4. The fraction of sp³-hybridized carbons (Fsp3) is 0.467. The predicted octanol–water partition coefficient (Wildman–Crippen LogP) is 1.76. The molecule has 1 N–H and O–H groups in total. The van der Waals surface area contributed by atoms with Crippen LogP contribution in [-0.2, 0) is 6.54 Å². The molecule has 0 radical (unpaired) electrons. The number of benzene rings is 1. The Morgan fingerprint density at radius 3 is 2.90 bits per heavy atom. The molecule has 4 rings (SSSR count). The molecule has 104 valence electrons. The summed E-state index contributed by atoms with van der Waals surface area (Å²) in [6, 6.07) is 9.05. The van der Waals surface area contributed by atoms with E-state index >= 15 is 0 Å². The molecule has 0 atom stereocenters. The molecule has 0 bridgehead atoms. The van der Waals surface area contributed by atoms with Crippen LogP contribution in [0.25, 0.3) is 11.0 Å². The van der Waals surface area contributed by atoms with Crippen LogP contribution < -0.4 is 5.32 Å². The first kappa shape index (κ1) is 11.8. The molecule has 1 fully saturated rings. The lowest BCUT2D eigenvalue weighted by atomic mass is 10.3. The van der Waals surface area contributed by atoms with Gasteiger partial charge < -0.3 is 14.8 Å². The minimum absolute atomic E-state index is 0.641. The SMILES string of the molecule is CN1CCN=C1NCc1nc2ccccc2n1C1CC1. The van der Waals surface area contributed by atoms with Crippen LogP contribution in [0.1, 0.15) is 24.7 Å². The lowest BCUT2D eigenvalue weighted by Crippen LogP contribution is -2.35. The van der Waals surface area contributed by atoms with Crippen LogP contribution in [0.2, 0.25) is 0 Å². The summed E-state index contributed by atoms with van der Waals surface area (Å²) in [7, 11) is 2.07. The van der Waals surface area contributed by atoms with E-state index in [1.807, 2.05) is 0 Å². The number of aliphatic imine (C=N–C) groups is 1. The summed E-state index contributed by atoms with van der Waals surface area (Å²) in [5.41, 5.74) is 2.35. The maximum Gasteiger partial charge on any atom is 0.194 e. The van der Waals surface area contributed by atoms with Crippen molar-refractivity contribution in [1.82, 2.24) is 19.8 Å². The molecular weight excluding hydrogens is 250 g/mol. The van der Waals surface area contributed by atoms with Crippen molar-refractivity contribution in [2.24, 2.45) is 4.99 Å². The zero-order chi connectivity index (χ0) is 13.5. The van der Waals surface area contributed by atoms with Gasteiger partial charge in [0.15, 0.2) is 5.96 Å². The number of aromatic nitrogens is 2. The normalized spacial score (nSPS) is 18.6. The van der Waals surface area contributed by atoms with Crippen LogP contribution in [0.3, 0.4) is 0 Å². The molecule has 0 amide bonds. The number of hydrogen-bond acceptors (Lipinski definition) is 4. The molecule has 1 aliphatic carbocycles. The molecule has 20 heavy (non-hydrogen) atoms. The molecular formula is C15H19N5. The van der Waals surface area contributed by atoms with Crippen molar-refractivity contribution in [3.63, 3.8) is 0 Å². The molecule has 5 nitrogen and oxygen atoms in total. The van der Waals surface area contributed by atoms with E-state index in [0.29, 0.717) is 6.04 Å². The van der Waals surface area contributed by atoms with Crippen molar-refractivity contribution < 1.29 is 0 Å². The Balaban J connectivity index is 1.63. The van der Waals surface area contributed by atoms with E-state index in [0.717, 1.165) is 36.9 Å². The van der Waals surface area contributed by atoms with Crippen LogP contribution in [-0.4, -0.2) is 40.5 Å². The number of fused-ring (bicyclic) bond motifs is 1. The quantitative estimate of drug-likeness (QED) is 0.923. The summed E-state index contributed by atoms with van der Waals surface area (Å²) in [5.74, 6) is 2.11. The zero-order valence-electron chi connectivity index (χ0n) is 11.7. The summed E-state index contributed by atoms with van der Waals surface area (Å²) >= 11 is 0. The van der Waals surface area contributed by atoms with Gasteiger partial charge >= 0.3 is 0 Å². The second-order valence-corrected chi connectivity index (χ2v) is 5.60. The minimum Gasteiger partial charge on any atom is -0.349 e. The molecule has 1 aliphatic heterocycles. The summed E-state index contributed by atoms with van der Waals surface area (Å²) in [5, 5.41) is 3.42. The smallest absolute Gasteiger partial charge is 0.194 e. The third-order valence-electron chi connectivity index (χ3n) is 4.04. The average Bonchev–Trinajstić information content (AvgIpc) is 3.10. The van der Waals surface area contributed by atoms with Crippen molar-refractivity contribution >= 4 is 17.0 Å². The number of rotatable bonds is 3. The van der Waals surface area contributed by atoms with Gasteiger partial charge in [0.05, 0.1) is 24.1 Å². The molecule has 0 unspecified atom stereocenters. The Morgan fingerprint density at radius 2 is 2.15 bits per heavy atom. The van der Waals surface area contributed by atoms with Crippen molar-refractivity contribution in [2.75, 3.05) is 20.1 Å². The molecule has 2 aromatic rings. The van der Waals surface area contributed by atoms with Crippen molar-refractivity contribution in [3.05, 3.63) is 30.1 Å². The molecule has 0 saturated heterocycles. The van der Waals surface area contributed by atoms with E-state index in [1.165, 1.54) is 18.4 Å². The van der Waals surface area contributed by atoms with E-state index in [4.69, 9.17) is 4.98 Å². The number of para-hydroxylation sites is 2. The molecule has 1 aromatic carbocycles. The highest BCUT2D eigenvalue weighted by Crippen LogP contribution is 2.38. The van der Waals surface area contributed by atoms with Crippen LogP contribution in [0.5, 0.6) is 0 Å². The predicted molar refractivity (Wildman–Crippen MR) is 79.8 cm³/mol. The molecule has 0 spiro atoms. The maximum absolute atomic E-state index is 4.79. The molecule has 5 heteroatoms. The highest BCUT2D eigenvalue weighted by molar-refractivity contribution is 5.81. The number of imidazole rings is 1. The highest BCUT2D eigenvalue weighted by atomic mass is 15.3. The van der Waals surface area contributed by atoms with E-state index in [-0.39, 0.29) is 0 Å². The summed E-state index contributed by atoms with van der Waals surface area (Å²) in [6.45, 7) is 2.63. The maximum atomic E-state index is 4.79. The van der Waals surface area contributed by atoms with Gasteiger partial charge in [-0.1, -0.05) is 12.1 Å². The topological polar surface area (TPSA) is 45.4 Å². The van der Waals surface area contributed by atoms with Crippen LogP contribution in [0.4, 0.5) is 0 Å². The fourth-order valence-electron chi connectivity index (χ4n) is 2.84. The average molecular weight is 269 g/mol. The van der Waals surface area contributed by atoms with E-state index in [1.54, 1.807) is 0 Å². The largest absolute Gasteiger partial charge is 0.349 e. The van der Waals surface area contributed by atoms with Crippen LogP contribution in [0, 0.1) is 0 Å². The number of nitrogens with zero attached hydrogens (tertiary/aromatic N) is 4. The summed E-state index contributed by atoms with van der Waals surface area (Å²) in [6.07, 6.45) is 2.54. The van der Waals surface area contributed by atoms with Gasteiger partial charge in [-0.3, -0.25) is 4.99 Å². The zero-order valence-corrected chi connectivity index (χ0v) is 11.7. The number of hydrogen-bond donors (Lipinski definition) is 1. The van der Waals surface area contributed by atoms with Gasteiger partial charge in [-0.2, -0.15) is 0 Å². The summed E-state index contributed by atoms with van der Waals surface area (Å²) < 4.78 is 2.40. The van der Waals surface area contributed by atoms with Gasteiger partial charge in [-0.25, -0.2) is 4.98 Å². The monoisotopic (exact) mass is 269 g/mol. The Labute approximate surface area is 118 Å². The first-order valence-electron chi connectivity index (χ1n) is 7.28. The highest BCUT2D eigenvalue weighted by Gasteiger charge is 2.28. The lowest BCUT2D eigenvalue weighted by molar-refractivity contribution is 0.530. The standard InChI is InChI=1S/C15H19N5/c1-19-9-8-16-15(19)17-10-14-18-12-4-2-3-5-13(12)20(14)11-6-7-11/h2-5,11H,6-10H2,1H3,(H,16,17). The molecule has 1 saturated carbocycles. The fourth-order valence-corrected chi connectivity index (χ4v) is 2.84. The van der Waals surface area contributed by atoms with Gasteiger partial charge in [0.25, 0.3) is 0 Å². The Bertz CT molecular complexity index is 668. The second kappa shape index (κ2) is 4.51. The second-order valence-electron chi connectivity index (χ2n) is 5.60. The Kier molecular flexibility index (Phi) is 2.65. The molecule has 2 heterocycles. The Morgan fingerprint density at radius 1 is 1.30 bits per heavy atom. The van der Waals surface area contributed by atoms with E-state index in [9.17, 15) is 0 Å². The number of guanidine groups is 1. The third kappa shape index (κ3) is 1.94. The number of nitrogens with one attached hydrogen (secondary N) is 1.